The summed E-state index contributed by atoms with van der Waals surface area (Å²) in [6.45, 7) is 1.11. The maximum absolute atomic E-state index is 12.8. The Labute approximate surface area is 164 Å². The Bertz CT molecular complexity index is 1010. The first kappa shape index (κ1) is 18.8. The van der Waals surface area contributed by atoms with E-state index >= 15 is 0 Å². The van der Waals surface area contributed by atoms with Crippen LogP contribution >= 0.6 is 0 Å². The Kier molecular flexibility index (Phi) is 5.50. The molecule has 1 fully saturated rings. The second-order valence-electron chi connectivity index (χ2n) is 6.97. The first-order chi connectivity index (χ1) is 13.6. The molecule has 8 heteroatoms. The van der Waals surface area contributed by atoms with Gasteiger partial charge in [-0.2, -0.15) is 9.29 Å². The van der Waals surface area contributed by atoms with Crippen LogP contribution in [0.1, 0.15) is 25.1 Å². The Morgan fingerprint density at radius 2 is 1.89 bits per heavy atom. The zero-order valence-electron chi connectivity index (χ0n) is 15.4. The molecule has 1 saturated heterocycles. The van der Waals surface area contributed by atoms with Crippen molar-refractivity contribution in [2.75, 3.05) is 13.1 Å². The van der Waals surface area contributed by atoms with E-state index in [1.165, 1.54) is 0 Å². The highest BCUT2D eigenvalue weighted by molar-refractivity contribution is 7.89. The monoisotopic (exact) mass is 398 g/mol. The highest BCUT2D eigenvalue weighted by Gasteiger charge is 2.30. The Morgan fingerprint density at radius 3 is 2.68 bits per heavy atom. The van der Waals surface area contributed by atoms with Crippen LogP contribution < -0.4 is 0 Å². The third-order valence-electron chi connectivity index (χ3n) is 5.03. The molecule has 0 bridgehead atoms. The normalized spacial score (nSPS) is 18.2. The van der Waals surface area contributed by atoms with E-state index in [-0.39, 0.29) is 5.92 Å². The number of benzene rings is 1. The van der Waals surface area contributed by atoms with Gasteiger partial charge in [0.2, 0.25) is 10.0 Å². The van der Waals surface area contributed by atoms with Gasteiger partial charge in [0.25, 0.3) is 5.89 Å². The van der Waals surface area contributed by atoms with E-state index in [9.17, 15) is 8.42 Å². The molecule has 0 amide bonds. The molecular formula is C20H22N4O3S. The number of aryl methyl sites for hydroxylation is 1. The van der Waals surface area contributed by atoms with Crippen LogP contribution in [0.5, 0.6) is 0 Å². The number of pyridine rings is 1. The standard InChI is InChI=1S/C20H22N4O3S/c25-28(26,18-6-2-1-3-7-18)24-14-4-5-16(15-24)8-9-19-22-20(27-23-19)17-10-12-21-13-11-17/h1-3,6-7,10-13,16H,4-5,8-9,14-15H2. The second kappa shape index (κ2) is 8.20. The number of piperidine rings is 1. The maximum atomic E-state index is 12.8. The first-order valence-electron chi connectivity index (χ1n) is 9.41. The molecule has 7 nitrogen and oxygen atoms in total. The fourth-order valence-corrected chi connectivity index (χ4v) is 5.10. The lowest BCUT2D eigenvalue weighted by Crippen LogP contribution is -2.40. The summed E-state index contributed by atoms with van der Waals surface area (Å²) in [6.07, 6.45) is 6.74. The summed E-state index contributed by atoms with van der Waals surface area (Å²) in [4.78, 5) is 8.78. The van der Waals surface area contributed by atoms with Crippen molar-refractivity contribution >= 4 is 10.0 Å². The highest BCUT2D eigenvalue weighted by Crippen LogP contribution is 2.26. The molecule has 1 aromatic carbocycles. The summed E-state index contributed by atoms with van der Waals surface area (Å²) in [5.41, 5.74) is 0.839. The number of aromatic nitrogens is 3. The van der Waals surface area contributed by atoms with Crippen LogP contribution in [0.25, 0.3) is 11.5 Å². The zero-order chi connectivity index (χ0) is 19.4. The smallest absolute Gasteiger partial charge is 0.258 e. The molecule has 3 aromatic rings. The van der Waals surface area contributed by atoms with E-state index in [0.717, 1.165) is 24.8 Å². The number of hydrogen-bond acceptors (Lipinski definition) is 6. The molecular weight excluding hydrogens is 376 g/mol. The molecule has 2 aromatic heterocycles. The van der Waals surface area contributed by atoms with E-state index < -0.39 is 10.0 Å². The topological polar surface area (TPSA) is 89.2 Å². The van der Waals surface area contributed by atoms with Crippen molar-refractivity contribution in [3.8, 4) is 11.5 Å². The van der Waals surface area contributed by atoms with Gasteiger partial charge in [0.05, 0.1) is 4.90 Å². The Morgan fingerprint density at radius 1 is 1.11 bits per heavy atom. The van der Waals surface area contributed by atoms with Gasteiger partial charge in [-0.05, 0) is 49.4 Å². The maximum Gasteiger partial charge on any atom is 0.258 e. The van der Waals surface area contributed by atoms with Crippen molar-refractivity contribution in [1.82, 2.24) is 19.4 Å². The number of rotatable bonds is 6. The van der Waals surface area contributed by atoms with Crippen LogP contribution in [0.2, 0.25) is 0 Å². The molecule has 0 radical (unpaired) electrons. The van der Waals surface area contributed by atoms with Crippen LogP contribution in [0.4, 0.5) is 0 Å². The number of sulfonamides is 1. The molecule has 146 valence electrons. The predicted molar refractivity (Wildman–Crippen MR) is 104 cm³/mol. The Hall–Kier alpha value is -2.58. The van der Waals surface area contributed by atoms with Gasteiger partial charge in [0, 0.05) is 37.5 Å². The molecule has 1 atom stereocenters. The van der Waals surface area contributed by atoms with Gasteiger partial charge in [-0.1, -0.05) is 23.4 Å². The van der Waals surface area contributed by atoms with E-state index in [4.69, 9.17) is 4.52 Å². The Balaban J connectivity index is 1.38. The molecule has 0 spiro atoms. The minimum atomic E-state index is -3.43. The van der Waals surface area contributed by atoms with Crippen LogP contribution in [-0.2, 0) is 16.4 Å². The quantitative estimate of drug-likeness (QED) is 0.634. The number of hydrogen-bond donors (Lipinski definition) is 0. The summed E-state index contributed by atoms with van der Waals surface area (Å²) in [5.74, 6) is 1.42. The van der Waals surface area contributed by atoms with E-state index in [0.29, 0.717) is 36.1 Å². The molecule has 4 rings (SSSR count). The van der Waals surface area contributed by atoms with Gasteiger partial charge in [0.15, 0.2) is 5.82 Å². The van der Waals surface area contributed by atoms with E-state index in [2.05, 4.69) is 15.1 Å². The van der Waals surface area contributed by atoms with Crippen molar-refractivity contribution in [2.45, 2.75) is 30.6 Å². The summed E-state index contributed by atoms with van der Waals surface area (Å²) in [5, 5.41) is 4.05. The van der Waals surface area contributed by atoms with Crippen LogP contribution in [0, 0.1) is 5.92 Å². The lowest BCUT2D eigenvalue weighted by atomic mass is 9.94. The lowest BCUT2D eigenvalue weighted by molar-refractivity contribution is 0.254. The van der Waals surface area contributed by atoms with E-state index in [1.54, 1.807) is 41.0 Å². The fourth-order valence-electron chi connectivity index (χ4n) is 3.52. The van der Waals surface area contributed by atoms with E-state index in [1.807, 2.05) is 18.2 Å². The number of nitrogens with zero attached hydrogens (tertiary/aromatic N) is 4. The molecule has 1 aliphatic rings. The second-order valence-corrected chi connectivity index (χ2v) is 8.91. The first-order valence-corrected chi connectivity index (χ1v) is 10.8. The third kappa shape index (κ3) is 4.13. The average Bonchev–Trinajstić information content (AvgIpc) is 3.23. The molecule has 0 N–H and O–H groups in total. The largest absolute Gasteiger partial charge is 0.334 e. The van der Waals surface area contributed by atoms with Gasteiger partial charge in [-0.3, -0.25) is 4.98 Å². The van der Waals surface area contributed by atoms with Gasteiger partial charge >= 0.3 is 0 Å². The van der Waals surface area contributed by atoms with Gasteiger partial charge in [-0.15, -0.1) is 0 Å². The fraction of sp³-hybridized carbons (Fsp3) is 0.350. The summed E-state index contributed by atoms with van der Waals surface area (Å²) in [6, 6.07) is 12.3. The highest BCUT2D eigenvalue weighted by atomic mass is 32.2. The van der Waals surface area contributed by atoms with Crippen molar-refractivity contribution in [3.63, 3.8) is 0 Å². The SMILES string of the molecule is O=S(=O)(c1ccccc1)N1CCCC(CCc2noc(-c3ccncc3)n2)C1. The summed E-state index contributed by atoms with van der Waals surface area (Å²) in [7, 11) is -3.43. The lowest BCUT2D eigenvalue weighted by Gasteiger charge is -2.31. The van der Waals surface area contributed by atoms with Crippen LogP contribution in [0.3, 0.4) is 0 Å². The molecule has 1 aliphatic heterocycles. The van der Waals surface area contributed by atoms with Gasteiger partial charge < -0.3 is 4.52 Å². The molecule has 0 saturated carbocycles. The summed E-state index contributed by atoms with van der Waals surface area (Å²) >= 11 is 0. The summed E-state index contributed by atoms with van der Waals surface area (Å²) < 4.78 is 32.6. The third-order valence-corrected chi connectivity index (χ3v) is 6.91. The van der Waals surface area contributed by atoms with Crippen LogP contribution in [-0.4, -0.2) is 40.9 Å². The minimum Gasteiger partial charge on any atom is -0.334 e. The molecule has 28 heavy (non-hydrogen) atoms. The van der Waals surface area contributed by atoms with Crippen molar-refractivity contribution < 1.29 is 12.9 Å². The van der Waals surface area contributed by atoms with Crippen molar-refractivity contribution in [3.05, 3.63) is 60.7 Å². The van der Waals surface area contributed by atoms with Gasteiger partial charge in [0.1, 0.15) is 0 Å². The minimum absolute atomic E-state index is 0.287. The molecule has 1 unspecified atom stereocenters. The van der Waals surface area contributed by atoms with Crippen LogP contribution in [0.15, 0.2) is 64.3 Å². The predicted octanol–water partition coefficient (Wildman–Crippen LogP) is 3.17. The zero-order valence-corrected chi connectivity index (χ0v) is 16.3. The van der Waals surface area contributed by atoms with Crippen molar-refractivity contribution in [2.24, 2.45) is 5.92 Å². The molecule has 0 aliphatic carbocycles. The van der Waals surface area contributed by atoms with Crippen molar-refractivity contribution in [1.29, 1.82) is 0 Å². The average molecular weight is 398 g/mol. The van der Waals surface area contributed by atoms with Gasteiger partial charge in [-0.25, -0.2) is 8.42 Å². The molecule has 3 heterocycles.